The van der Waals surface area contributed by atoms with Crippen molar-refractivity contribution < 1.29 is 28.7 Å². The SMILES string of the molecule is COc1ccc(-c2nn([C@@H]3C[C@H]4C(=O)N[C@]5(C(=O)Nc6nn[nH]n6)C[C@@H]5/C=C\CCCCC[C@H](NC(=O)OC(C)(C)C)C(=O)N4C3)nc2-c2nccs2)cc1. The zero-order valence-corrected chi connectivity index (χ0v) is 31.8. The fourth-order valence-corrected chi connectivity index (χ4v) is 7.68. The number of fused-ring (bicyclic) bond motifs is 2. The molecule has 2 fully saturated rings. The van der Waals surface area contributed by atoms with Crippen molar-refractivity contribution in [2.75, 3.05) is 19.0 Å². The first-order chi connectivity index (χ1) is 26.4. The van der Waals surface area contributed by atoms with Crippen LogP contribution in [-0.4, -0.2) is 106 Å². The molecule has 18 nitrogen and oxygen atoms in total. The van der Waals surface area contributed by atoms with Crippen molar-refractivity contribution in [2.45, 2.75) is 95.0 Å². The van der Waals surface area contributed by atoms with E-state index in [2.05, 4.69) is 41.6 Å². The summed E-state index contributed by atoms with van der Waals surface area (Å²) in [5, 5.41) is 34.3. The minimum atomic E-state index is -1.31. The summed E-state index contributed by atoms with van der Waals surface area (Å²) in [6.07, 6.45) is 8.78. The summed E-state index contributed by atoms with van der Waals surface area (Å²) in [7, 11) is 1.59. The second-order valence-corrected chi connectivity index (χ2v) is 15.8. The van der Waals surface area contributed by atoms with E-state index in [-0.39, 0.29) is 24.8 Å². The van der Waals surface area contributed by atoms with Crippen LogP contribution in [0.3, 0.4) is 0 Å². The molecule has 2 aliphatic heterocycles. The summed E-state index contributed by atoms with van der Waals surface area (Å²) in [5.41, 5.74) is -0.191. The maximum absolute atomic E-state index is 14.6. The molecule has 1 saturated heterocycles. The van der Waals surface area contributed by atoms with Gasteiger partial charge in [0.2, 0.25) is 11.8 Å². The van der Waals surface area contributed by atoms with Crippen LogP contribution in [0.2, 0.25) is 0 Å². The summed E-state index contributed by atoms with van der Waals surface area (Å²) in [4.78, 5) is 63.5. The van der Waals surface area contributed by atoms with Crippen LogP contribution < -0.4 is 20.7 Å². The van der Waals surface area contributed by atoms with Gasteiger partial charge < -0.3 is 25.0 Å². The molecular weight excluding hydrogens is 729 g/mol. The van der Waals surface area contributed by atoms with Gasteiger partial charge in [-0.2, -0.15) is 15.1 Å². The number of H-pyrrole nitrogens is 1. The number of alkyl carbamates (subject to hydrolysis) is 1. The summed E-state index contributed by atoms with van der Waals surface area (Å²) < 4.78 is 10.9. The van der Waals surface area contributed by atoms with Gasteiger partial charge >= 0.3 is 6.09 Å². The van der Waals surface area contributed by atoms with Crippen LogP contribution in [0.25, 0.3) is 22.0 Å². The highest BCUT2D eigenvalue weighted by atomic mass is 32.1. The van der Waals surface area contributed by atoms with E-state index >= 15 is 0 Å². The molecule has 5 heterocycles. The number of nitrogens with zero attached hydrogens (tertiary/aromatic N) is 8. The van der Waals surface area contributed by atoms with Crippen molar-refractivity contribution in [2.24, 2.45) is 5.92 Å². The summed E-state index contributed by atoms with van der Waals surface area (Å²) >= 11 is 1.42. The number of nitrogens with one attached hydrogen (secondary N) is 4. The highest BCUT2D eigenvalue weighted by Gasteiger charge is 2.61. The molecule has 7 rings (SSSR count). The van der Waals surface area contributed by atoms with Crippen LogP contribution in [0.5, 0.6) is 5.75 Å². The highest BCUT2D eigenvalue weighted by Crippen LogP contribution is 2.46. The van der Waals surface area contributed by atoms with Gasteiger partial charge in [0.05, 0.1) is 13.2 Å². The van der Waals surface area contributed by atoms with Gasteiger partial charge in [-0.3, -0.25) is 19.7 Å². The normalized spacial score (nSPS) is 25.1. The molecule has 19 heteroatoms. The molecule has 0 spiro atoms. The van der Waals surface area contributed by atoms with E-state index < -0.39 is 53.1 Å². The number of allylic oxidation sites excluding steroid dienone is 1. The second-order valence-electron chi connectivity index (χ2n) is 14.9. The minimum absolute atomic E-state index is 0.0265. The fraction of sp³-hybridized carbons (Fsp3) is 0.500. The largest absolute Gasteiger partial charge is 0.497 e. The van der Waals surface area contributed by atoms with Crippen molar-refractivity contribution in [3.05, 3.63) is 48.0 Å². The molecule has 0 radical (unpaired) electrons. The zero-order valence-electron chi connectivity index (χ0n) is 31.0. The minimum Gasteiger partial charge on any atom is -0.497 e. The fourth-order valence-electron chi connectivity index (χ4n) is 7.05. The van der Waals surface area contributed by atoms with E-state index in [4.69, 9.17) is 19.7 Å². The quantitative estimate of drug-likeness (QED) is 0.198. The van der Waals surface area contributed by atoms with Gasteiger partial charge in [0, 0.05) is 36.0 Å². The van der Waals surface area contributed by atoms with E-state index in [0.29, 0.717) is 41.4 Å². The third-order valence-electron chi connectivity index (χ3n) is 9.88. The molecule has 3 aliphatic rings. The molecule has 1 aliphatic carbocycles. The van der Waals surface area contributed by atoms with Gasteiger partial charge in [-0.1, -0.05) is 30.1 Å². The van der Waals surface area contributed by atoms with Crippen LogP contribution in [0.15, 0.2) is 48.0 Å². The van der Waals surface area contributed by atoms with E-state index in [1.165, 1.54) is 16.2 Å². The molecule has 4 amide bonds. The Bertz CT molecular complexity index is 2030. The van der Waals surface area contributed by atoms with Gasteiger partial charge in [0.25, 0.3) is 11.9 Å². The van der Waals surface area contributed by atoms with Crippen molar-refractivity contribution >= 4 is 41.1 Å². The van der Waals surface area contributed by atoms with Gasteiger partial charge in [-0.15, -0.1) is 21.5 Å². The topological polar surface area (TPSA) is 224 Å². The molecule has 3 aromatic heterocycles. The first-order valence-corrected chi connectivity index (χ1v) is 19.2. The number of aromatic nitrogens is 8. The lowest BCUT2D eigenvalue weighted by molar-refractivity contribution is -0.141. The molecule has 4 N–H and O–H groups in total. The Morgan fingerprint density at radius 2 is 1.87 bits per heavy atom. The molecule has 1 saturated carbocycles. The first kappa shape index (κ1) is 37.6. The number of hydrogen-bond acceptors (Lipinski definition) is 13. The smallest absolute Gasteiger partial charge is 0.408 e. The third kappa shape index (κ3) is 8.35. The first-order valence-electron chi connectivity index (χ1n) is 18.3. The number of hydrogen-bond donors (Lipinski definition) is 4. The molecule has 0 bridgehead atoms. The Kier molecular flexibility index (Phi) is 10.6. The van der Waals surface area contributed by atoms with E-state index in [1.54, 1.807) is 38.9 Å². The van der Waals surface area contributed by atoms with Crippen LogP contribution in [0.1, 0.15) is 71.8 Å². The van der Waals surface area contributed by atoms with E-state index in [0.717, 1.165) is 24.8 Å². The molecule has 55 heavy (non-hydrogen) atoms. The molecular formula is C36H44N12O6S. The van der Waals surface area contributed by atoms with E-state index in [9.17, 15) is 19.2 Å². The van der Waals surface area contributed by atoms with Gasteiger partial charge in [0.1, 0.15) is 45.4 Å². The van der Waals surface area contributed by atoms with E-state index in [1.807, 2.05) is 41.8 Å². The average Bonchev–Trinajstić information content (AvgIpc) is 3.80. The van der Waals surface area contributed by atoms with Crippen molar-refractivity contribution in [3.8, 4) is 27.7 Å². The van der Waals surface area contributed by atoms with Crippen molar-refractivity contribution in [1.82, 2.24) is 56.1 Å². The Morgan fingerprint density at radius 1 is 1.07 bits per heavy atom. The standard InChI is InChI=1S/C36H44N12O6S/c1-35(2,3)54-34(52)38-25-11-9-7-5-6-8-10-22-19-36(22,32(51)39-33-41-45-46-42-33)40-29(49)26-18-23(20-47(26)31(25)50)48-43-27(21-12-14-24(53-4)15-13-21)28(44-48)30-37-16-17-55-30/h8,10,12-17,22-23,25-26H,5-7,9,11,18-20H2,1-4H3,(H,38,52)(H,40,49)(H2,39,41,42,45,46,51)/b10-8-/t22-,23+,25-,26-,36+/m0/s1. The monoisotopic (exact) mass is 772 g/mol. The maximum Gasteiger partial charge on any atom is 0.408 e. The second kappa shape index (κ2) is 15.6. The number of thiazole rings is 1. The molecule has 1 aromatic carbocycles. The lowest BCUT2D eigenvalue weighted by Gasteiger charge is -2.30. The Hall–Kier alpha value is -5.72. The summed E-state index contributed by atoms with van der Waals surface area (Å²) in [6.45, 7) is 5.30. The number of rotatable bonds is 7. The Labute approximate surface area is 320 Å². The molecule has 290 valence electrons. The summed E-state index contributed by atoms with van der Waals surface area (Å²) in [6, 6.07) is 4.87. The highest BCUT2D eigenvalue weighted by molar-refractivity contribution is 7.13. The third-order valence-corrected chi connectivity index (χ3v) is 10.7. The number of carbonyl (C=O) groups is 4. The number of ether oxygens (including phenoxy) is 2. The number of methoxy groups -OCH3 is 1. The predicted octanol–water partition coefficient (Wildman–Crippen LogP) is 3.66. The van der Waals surface area contributed by atoms with Crippen LogP contribution in [-0.2, 0) is 19.1 Å². The number of aromatic amines is 1. The zero-order chi connectivity index (χ0) is 38.7. The Morgan fingerprint density at radius 3 is 2.58 bits per heavy atom. The molecule has 5 atom stereocenters. The Balaban J connectivity index is 1.24. The number of tetrazole rings is 1. The molecule has 0 unspecified atom stereocenters. The van der Waals surface area contributed by atoms with Gasteiger partial charge in [-0.25, -0.2) is 9.78 Å². The average molecular weight is 773 g/mol. The van der Waals surface area contributed by atoms with Gasteiger partial charge in [-0.05, 0) is 75.9 Å². The van der Waals surface area contributed by atoms with Crippen molar-refractivity contribution in [1.29, 1.82) is 0 Å². The number of benzene rings is 1. The number of amides is 4. The van der Waals surface area contributed by atoms with Gasteiger partial charge in [0.15, 0.2) is 0 Å². The van der Waals surface area contributed by atoms with Crippen LogP contribution in [0.4, 0.5) is 10.7 Å². The van der Waals surface area contributed by atoms with Crippen LogP contribution >= 0.6 is 11.3 Å². The number of anilines is 1. The predicted molar refractivity (Wildman–Crippen MR) is 199 cm³/mol. The van der Waals surface area contributed by atoms with Crippen LogP contribution in [0, 0.1) is 5.92 Å². The number of carbonyl (C=O) groups excluding carboxylic acids is 4. The lowest BCUT2D eigenvalue weighted by Crippen LogP contribution is -2.57. The maximum atomic E-state index is 14.6. The molecule has 4 aromatic rings. The summed E-state index contributed by atoms with van der Waals surface area (Å²) in [5.74, 6) is -1.10. The van der Waals surface area contributed by atoms with Crippen molar-refractivity contribution in [3.63, 3.8) is 0 Å². The lowest BCUT2D eigenvalue weighted by atomic mass is 10.0.